The summed E-state index contributed by atoms with van der Waals surface area (Å²) in [7, 11) is 0. The summed E-state index contributed by atoms with van der Waals surface area (Å²) in [5.74, 6) is -0.0863. The highest BCUT2D eigenvalue weighted by Crippen LogP contribution is 2.33. The van der Waals surface area contributed by atoms with E-state index in [0.717, 1.165) is 26.6 Å². The topological polar surface area (TPSA) is 54.0 Å². The first-order valence-electron chi connectivity index (χ1n) is 6.45. The number of nitrogens with zero attached hydrogens (tertiary/aromatic N) is 1. The predicted octanol–water partition coefficient (Wildman–Crippen LogP) is 3.54. The monoisotopic (exact) mass is 407 g/mol. The van der Waals surface area contributed by atoms with E-state index >= 15 is 0 Å². The van der Waals surface area contributed by atoms with Gasteiger partial charge >= 0.3 is 0 Å². The maximum Gasteiger partial charge on any atom is 0.270 e. The molecule has 0 radical (unpaired) electrons. The minimum atomic E-state index is -0.0863. The van der Waals surface area contributed by atoms with Crippen LogP contribution >= 0.6 is 51.0 Å². The number of carbonyl (C=O) groups excluding carboxylic acids is 1. The molecule has 0 bridgehead atoms. The van der Waals surface area contributed by atoms with Crippen molar-refractivity contribution in [1.29, 1.82) is 0 Å². The molecule has 2 aromatic heterocycles. The van der Waals surface area contributed by atoms with E-state index in [9.17, 15) is 4.79 Å². The summed E-state index contributed by atoms with van der Waals surface area (Å²) in [5, 5.41) is 9.02. The Kier molecular flexibility index (Phi) is 6.19. The molecule has 0 saturated carbocycles. The van der Waals surface area contributed by atoms with Crippen molar-refractivity contribution >= 4 is 56.9 Å². The Balaban J connectivity index is 0.00000161. The quantitative estimate of drug-likeness (QED) is 0.813. The van der Waals surface area contributed by atoms with Crippen molar-refractivity contribution < 1.29 is 4.79 Å². The number of thiophene rings is 1. The number of hydrogen-bond donors (Lipinski definition) is 2. The van der Waals surface area contributed by atoms with Gasteiger partial charge in [-0.05, 0) is 47.4 Å². The number of rotatable bonds is 4. The van der Waals surface area contributed by atoms with Gasteiger partial charge in [0.15, 0.2) is 0 Å². The fraction of sp³-hybridized carbons (Fsp3) is 0.385. The second-order valence-electron chi connectivity index (χ2n) is 4.64. The Morgan fingerprint density at radius 3 is 3.05 bits per heavy atom. The minimum Gasteiger partial charge on any atom is -0.349 e. The summed E-state index contributed by atoms with van der Waals surface area (Å²) in [5.41, 5.74) is 0.507. The molecular weight excluding hydrogens is 394 g/mol. The lowest BCUT2D eigenvalue weighted by Gasteiger charge is -2.10. The number of amides is 1. The fourth-order valence-corrected chi connectivity index (χ4v) is 4.42. The van der Waals surface area contributed by atoms with Crippen molar-refractivity contribution in [1.82, 2.24) is 15.6 Å². The first-order chi connectivity index (χ1) is 9.72. The Bertz CT molecular complexity index is 610. The second-order valence-corrected chi connectivity index (χ2v) is 7.97. The van der Waals surface area contributed by atoms with Gasteiger partial charge in [-0.2, -0.15) is 0 Å². The van der Waals surface area contributed by atoms with Gasteiger partial charge in [0.1, 0.15) is 10.7 Å². The van der Waals surface area contributed by atoms with Crippen LogP contribution in [-0.4, -0.2) is 30.0 Å². The van der Waals surface area contributed by atoms with Gasteiger partial charge in [0, 0.05) is 18.0 Å². The summed E-state index contributed by atoms with van der Waals surface area (Å²) in [4.78, 5) is 17.5. The summed E-state index contributed by atoms with van der Waals surface area (Å²) in [6, 6.07) is 4.41. The van der Waals surface area contributed by atoms with Gasteiger partial charge in [0.05, 0.1) is 8.66 Å². The van der Waals surface area contributed by atoms with Crippen LogP contribution in [0.3, 0.4) is 0 Å². The van der Waals surface area contributed by atoms with Crippen LogP contribution in [0.25, 0.3) is 9.88 Å². The molecule has 1 aliphatic heterocycles. The number of halogens is 2. The number of nitrogens with one attached hydrogen (secondary N) is 2. The van der Waals surface area contributed by atoms with E-state index in [0.29, 0.717) is 18.3 Å². The number of thiazole rings is 1. The third-order valence-corrected chi connectivity index (χ3v) is 5.83. The van der Waals surface area contributed by atoms with Crippen molar-refractivity contribution in [2.45, 2.75) is 18.9 Å². The maximum absolute atomic E-state index is 12.1. The van der Waals surface area contributed by atoms with Crippen LogP contribution in [-0.2, 0) is 0 Å². The van der Waals surface area contributed by atoms with E-state index in [-0.39, 0.29) is 18.3 Å². The van der Waals surface area contributed by atoms with E-state index in [1.807, 2.05) is 17.5 Å². The third-order valence-electron chi connectivity index (χ3n) is 3.19. The van der Waals surface area contributed by atoms with Gasteiger partial charge in [0.25, 0.3) is 5.91 Å². The molecule has 3 heterocycles. The average Bonchev–Trinajstić information content (AvgIpc) is 3.16. The van der Waals surface area contributed by atoms with Gasteiger partial charge < -0.3 is 10.6 Å². The van der Waals surface area contributed by atoms with E-state index in [4.69, 9.17) is 0 Å². The molecule has 8 heteroatoms. The molecule has 1 aliphatic rings. The molecule has 0 aliphatic carbocycles. The number of hydrogen-bond acceptors (Lipinski definition) is 5. The average molecular weight is 409 g/mol. The third kappa shape index (κ3) is 4.26. The summed E-state index contributed by atoms with van der Waals surface area (Å²) < 4.78 is 1.07. The largest absolute Gasteiger partial charge is 0.349 e. The molecule has 1 unspecified atom stereocenters. The SMILES string of the molecule is Cl.O=C(NCC1CCCN1)c1csc(-c2ccc(Br)s2)n1. The Labute approximate surface area is 145 Å². The minimum absolute atomic E-state index is 0. The standard InChI is InChI=1S/C13H14BrN3OS2.ClH/c14-11-4-3-10(20-11)13-17-9(7-19-13)12(18)16-6-8-2-1-5-15-8;/h3-4,7-8,15H,1-2,5-6H2,(H,16,18);1H. The Morgan fingerprint density at radius 2 is 2.38 bits per heavy atom. The predicted molar refractivity (Wildman–Crippen MR) is 93.7 cm³/mol. The van der Waals surface area contributed by atoms with Crippen molar-refractivity contribution in [2.75, 3.05) is 13.1 Å². The van der Waals surface area contributed by atoms with E-state index in [1.54, 1.807) is 11.3 Å². The molecule has 0 spiro atoms. The van der Waals surface area contributed by atoms with Crippen molar-refractivity contribution in [3.8, 4) is 9.88 Å². The molecule has 0 aromatic carbocycles. The molecule has 3 rings (SSSR count). The van der Waals surface area contributed by atoms with Crippen LogP contribution in [0.1, 0.15) is 23.3 Å². The first kappa shape index (κ1) is 16.9. The Morgan fingerprint density at radius 1 is 1.52 bits per heavy atom. The van der Waals surface area contributed by atoms with Crippen molar-refractivity contribution in [2.24, 2.45) is 0 Å². The molecule has 114 valence electrons. The van der Waals surface area contributed by atoms with Gasteiger partial charge in [-0.15, -0.1) is 35.1 Å². The summed E-state index contributed by atoms with van der Waals surface area (Å²) in [6.45, 7) is 1.73. The van der Waals surface area contributed by atoms with Crippen LogP contribution in [0.4, 0.5) is 0 Å². The normalized spacial score (nSPS) is 17.5. The number of aromatic nitrogens is 1. The highest BCUT2D eigenvalue weighted by molar-refractivity contribution is 9.11. The zero-order valence-corrected chi connectivity index (χ0v) is 15.1. The lowest BCUT2D eigenvalue weighted by molar-refractivity contribution is 0.0946. The number of carbonyl (C=O) groups is 1. The van der Waals surface area contributed by atoms with Crippen LogP contribution in [0.5, 0.6) is 0 Å². The second kappa shape index (κ2) is 7.69. The van der Waals surface area contributed by atoms with E-state index < -0.39 is 0 Å². The van der Waals surface area contributed by atoms with Crippen LogP contribution in [0.2, 0.25) is 0 Å². The van der Waals surface area contributed by atoms with Crippen molar-refractivity contribution in [3.63, 3.8) is 0 Å². The molecule has 21 heavy (non-hydrogen) atoms. The van der Waals surface area contributed by atoms with Gasteiger partial charge in [-0.1, -0.05) is 0 Å². The molecule has 4 nitrogen and oxygen atoms in total. The fourth-order valence-electron chi connectivity index (χ4n) is 2.16. The van der Waals surface area contributed by atoms with Crippen molar-refractivity contribution in [3.05, 3.63) is 27.0 Å². The lowest BCUT2D eigenvalue weighted by atomic mass is 10.2. The van der Waals surface area contributed by atoms with E-state index in [1.165, 1.54) is 17.8 Å². The van der Waals surface area contributed by atoms with Crippen LogP contribution in [0.15, 0.2) is 21.3 Å². The van der Waals surface area contributed by atoms with Gasteiger partial charge in [-0.3, -0.25) is 4.79 Å². The van der Waals surface area contributed by atoms with Gasteiger partial charge in [0.2, 0.25) is 0 Å². The smallest absolute Gasteiger partial charge is 0.270 e. The highest BCUT2D eigenvalue weighted by Gasteiger charge is 2.17. The molecular formula is C13H15BrClN3OS2. The summed E-state index contributed by atoms with van der Waals surface area (Å²) in [6.07, 6.45) is 2.32. The highest BCUT2D eigenvalue weighted by atomic mass is 79.9. The Hall–Kier alpha value is -0.470. The zero-order chi connectivity index (χ0) is 13.9. The zero-order valence-electron chi connectivity index (χ0n) is 11.1. The summed E-state index contributed by atoms with van der Waals surface area (Å²) >= 11 is 6.56. The van der Waals surface area contributed by atoms with Crippen LogP contribution < -0.4 is 10.6 Å². The van der Waals surface area contributed by atoms with E-state index in [2.05, 4.69) is 31.5 Å². The molecule has 1 fully saturated rings. The first-order valence-corrected chi connectivity index (χ1v) is 8.94. The molecule has 1 atom stereocenters. The van der Waals surface area contributed by atoms with Gasteiger partial charge in [-0.25, -0.2) is 4.98 Å². The molecule has 1 amide bonds. The lowest BCUT2D eigenvalue weighted by Crippen LogP contribution is -2.37. The molecule has 2 N–H and O–H groups in total. The maximum atomic E-state index is 12.1. The molecule has 2 aromatic rings. The molecule has 1 saturated heterocycles. The van der Waals surface area contributed by atoms with Crippen LogP contribution in [0, 0.1) is 0 Å².